The highest BCUT2D eigenvalue weighted by atomic mass is 16.8. The summed E-state index contributed by atoms with van der Waals surface area (Å²) in [6.45, 7) is 3.41. The topological polar surface area (TPSA) is 150 Å². The number of nitrogens with one attached hydrogen (secondary N) is 2. The van der Waals surface area contributed by atoms with Crippen LogP contribution in [0.1, 0.15) is 21.7 Å². The molecule has 0 spiro atoms. The van der Waals surface area contributed by atoms with Gasteiger partial charge in [-0.05, 0) is 53.5 Å². The molecule has 34 heavy (non-hydrogen) atoms. The Morgan fingerprint density at radius 2 is 1.94 bits per heavy atom. The van der Waals surface area contributed by atoms with Crippen molar-refractivity contribution in [2.24, 2.45) is 5.10 Å². The number of allylic oxidation sites excluding steroid dienone is 2. The smallest absolute Gasteiger partial charge is 0.274 e. The molecule has 5 rings (SSSR count). The number of hydrogen-bond acceptors (Lipinski definition) is 9. The van der Waals surface area contributed by atoms with Crippen molar-refractivity contribution in [1.29, 1.82) is 0 Å². The molecule has 2 aromatic carbocycles. The lowest BCUT2D eigenvalue weighted by atomic mass is 10.0. The van der Waals surface area contributed by atoms with E-state index < -0.39 is 5.91 Å². The molecule has 1 aliphatic heterocycles. The maximum absolute atomic E-state index is 12.9. The summed E-state index contributed by atoms with van der Waals surface area (Å²) >= 11 is 0. The van der Waals surface area contributed by atoms with E-state index in [4.69, 9.17) is 0 Å². The van der Waals surface area contributed by atoms with E-state index in [0.29, 0.717) is 33.2 Å². The van der Waals surface area contributed by atoms with Crippen molar-refractivity contribution in [2.75, 3.05) is 15.8 Å². The zero-order chi connectivity index (χ0) is 23.8. The molecule has 1 aromatic heterocycles. The number of carbonyl (C=O) groups is 2. The van der Waals surface area contributed by atoms with E-state index in [9.17, 15) is 20.0 Å². The largest absolute Gasteiger partial charge is 0.359 e. The van der Waals surface area contributed by atoms with Crippen LogP contribution in [0.5, 0.6) is 0 Å². The summed E-state index contributed by atoms with van der Waals surface area (Å²) in [4.78, 5) is 24.7. The SMILES string of the molecule is C=CC(=O)Nc1cccc(NC(=O)c2cccc(N3N=C4C(=CCc5c4no[n+]5[O-])N3O)c2)c1. The van der Waals surface area contributed by atoms with Gasteiger partial charge in [-0.25, -0.2) is 0 Å². The number of hydroxylamine groups is 1. The van der Waals surface area contributed by atoms with E-state index in [1.165, 1.54) is 5.12 Å². The molecule has 0 saturated heterocycles. The number of fused-ring (bicyclic) bond motifs is 3. The molecular weight excluding hydrogens is 442 g/mol. The minimum absolute atomic E-state index is 0.219. The van der Waals surface area contributed by atoms with Gasteiger partial charge in [-0.1, -0.05) is 18.7 Å². The van der Waals surface area contributed by atoms with Gasteiger partial charge < -0.3 is 15.8 Å². The molecule has 0 unspecified atom stereocenters. The first-order chi connectivity index (χ1) is 16.4. The predicted molar refractivity (Wildman–Crippen MR) is 120 cm³/mol. The normalized spacial score (nSPS) is 14.0. The molecule has 3 aromatic rings. The summed E-state index contributed by atoms with van der Waals surface area (Å²) in [5.74, 6) is -0.774. The van der Waals surface area contributed by atoms with Crippen molar-refractivity contribution in [3.05, 3.63) is 95.1 Å². The molecule has 2 amide bonds. The first kappa shape index (κ1) is 20.9. The third-order valence-corrected chi connectivity index (χ3v) is 5.16. The summed E-state index contributed by atoms with van der Waals surface area (Å²) in [5.41, 5.74) is 2.82. The van der Waals surface area contributed by atoms with Crippen molar-refractivity contribution in [3.8, 4) is 0 Å². The molecule has 2 aliphatic rings. The van der Waals surface area contributed by atoms with Crippen molar-refractivity contribution in [2.45, 2.75) is 6.42 Å². The predicted octanol–water partition coefficient (Wildman–Crippen LogP) is 1.96. The third-order valence-electron chi connectivity index (χ3n) is 5.16. The summed E-state index contributed by atoms with van der Waals surface area (Å²) in [5, 5.41) is 37.8. The zero-order valence-electron chi connectivity index (χ0n) is 17.5. The second kappa shape index (κ2) is 8.18. The number of carbonyl (C=O) groups excluding carboxylic acids is 2. The molecule has 0 radical (unpaired) electrons. The lowest BCUT2D eigenvalue weighted by molar-refractivity contribution is -0.807. The summed E-state index contributed by atoms with van der Waals surface area (Å²) in [6, 6.07) is 13.1. The Hall–Kier alpha value is -4.97. The first-order valence-electron chi connectivity index (χ1n) is 10.1. The van der Waals surface area contributed by atoms with Crippen LogP contribution in [0.4, 0.5) is 17.1 Å². The minimum atomic E-state index is -0.409. The fraction of sp³-hybridized carbons (Fsp3) is 0.0455. The fourth-order valence-electron chi connectivity index (χ4n) is 3.55. The second-order valence-electron chi connectivity index (χ2n) is 7.32. The second-order valence-corrected chi connectivity index (χ2v) is 7.32. The standard InChI is InChI=1S/C22H17N7O5/c1-2-19(30)23-14-6-4-7-15(12-14)24-22(31)13-5-3-8-16(11-13)27-25-20-17(28(27)32)9-10-18-21(20)26-34-29(18)33/h2-9,11-12,32H,1,10H2,(H,23,30)(H,24,31). The monoisotopic (exact) mass is 459 g/mol. The van der Waals surface area contributed by atoms with E-state index in [2.05, 4.69) is 32.1 Å². The number of aromatic nitrogens is 2. The van der Waals surface area contributed by atoms with E-state index in [-0.39, 0.29) is 29.4 Å². The number of rotatable bonds is 5. The molecule has 12 nitrogen and oxygen atoms in total. The molecule has 170 valence electrons. The minimum Gasteiger partial charge on any atom is -0.359 e. The lowest BCUT2D eigenvalue weighted by Gasteiger charge is -2.23. The Labute approximate surface area is 192 Å². The number of anilines is 3. The third kappa shape index (κ3) is 3.63. The molecule has 0 bridgehead atoms. The van der Waals surface area contributed by atoms with Crippen molar-refractivity contribution in [1.82, 2.24) is 10.3 Å². The maximum Gasteiger partial charge on any atom is 0.274 e. The van der Waals surface area contributed by atoms with Crippen LogP contribution in [0.3, 0.4) is 0 Å². The van der Waals surface area contributed by atoms with Crippen LogP contribution >= 0.6 is 0 Å². The Morgan fingerprint density at radius 1 is 1.18 bits per heavy atom. The van der Waals surface area contributed by atoms with Crippen molar-refractivity contribution >= 4 is 34.6 Å². The van der Waals surface area contributed by atoms with Gasteiger partial charge in [0.05, 0.1) is 5.69 Å². The molecule has 0 atom stereocenters. The molecule has 3 N–H and O–H groups in total. The van der Waals surface area contributed by atoms with Gasteiger partial charge >= 0.3 is 0 Å². The number of amides is 2. The quantitative estimate of drug-likeness (QED) is 0.387. The van der Waals surface area contributed by atoms with Crippen LogP contribution in [-0.2, 0) is 11.2 Å². The van der Waals surface area contributed by atoms with Crippen molar-refractivity contribution < 1.29 is 24.3 Å². The Bertz CT molecular complexity index is 1390. The number of hydrazone groups is 1. The Kier molecular flexibility index (Phi) is 5.03. The Balaban J connectivity index is 1.38. The molecule has 1 aliphatic carbocycles. The van der Waals surface area contributed by atoms with Crippen LogP contribution in [0, 0.1) is 5.21 Å². The average Bonchev–Trinajstić information content (AvgIpc) is 3.39. The number of hydrazine groups is 1. The van der Waals surface area contributed by atoms with Gasteiger partial charge in [0.15, 0.2) is 5.71 Å². The molecule has 2 heterocycles. The van der Waals surface area contributed by atoms with Gasteiger partial charge in [0.1, 0.15) is 5.70 Å². The summed E-state index contributed by atoms with van der Waals surface area (Å²) < 4.78 is 4.64. The van der Waals surface area contributed by atoms with Crippen LogP contribution in [0.25, 0.3) is 0 Å². The summed E-state index contributed by atoms with van der Waals surface area (Å²) in [7, 11) is 0. The maximum atomic E-state index is 12.9. The highest BCUT2D eigenvalue weighted by Crippen LogP contribution is 2.31. The van der Waals surface area contributed by atoms with E-state index in [1.54, 1.807) is 54.6 Å². The Morgan fingerprint density at radius 3 is 2.74 bits per heavy atom. The van der Waals surface area contributed by atoms with E-state index in [0.717, 1.165) is 11.2 Å². The number of hydrogen-bond donors (Lipinski definition) is 3. The fourth-order valence-corrected chi connectivity index (χ4v) is 3.55. The van der Waals surface area contributed by atoms with E-state index in [1.807, 2.05) is 0 Å². The molecule has 12 heteroatoms. The van der Waals surface area contributed by atoms with Crippen LogP contribution in [0.15, 0.2) is 82.7 Å². The van der Waals surface area contributed by atoms with Crippen LogP contribution in [-0.4, -0.2) is 33.1 Å². The molecular formula is C22H17N7O5. The van der Waals surface area contributed by atoms with Gasteiger partial charge in [0.2, 0.25) is 11.6 Å². The van der Waals surface area contributed by atoms with Gasteiger partial charge in [-0.2, -0.15) is 0 Å². The average molecular weight is 459 g/mol. The highest BCUT2D eigenvalue weighted by molar-refractivity contribution is 6.14. The van der Waals surface area contributed by atoms with E-state index >= 15 is 0 Å². The highest BCUT2D eigenvalue weighted by Gasteiger charge is 2.40. The van der Waals surface area contributed by atoms with Crippen LogP contribution in [0.2, 0.25) is 0 Å². The summed E-state index contributed by atoms with van der Waals surface area (Å²) in [6.07, 6.45) is 2.99. The number of nitrogens with zero attached hydrogens (tertiary/aromatic N) is 5. The van der Waals surface area contributed by atoms with Gasteiger partial charge in [0, 0.05) is 28.5 Å². The lowest BCUT2D eigenvalue weighted by Crippen LogP contribution is -2.34. The van der Waals surface area contributed by atoms with Crippen molar-refractivity contribution in [3.63, 3.8) is 0 Å². The zero-order valence-corrected chi connectivity index (χ0v) is 17.5. The molecule has 0 saturated carbocycles. The molecule has 0 fully saturated rings. The van der Waals surface area contributed by atoms with Crippen LogP contribution < -0.4 is 20.7 Å². The first-order valence-corrected chi connectivity index (χ1v) is 10.1. The van der Waals surface area contributed by atoms with Gasteiger partial charge in [-0.3, -0.25) is 19.4 Å². The number of benzene rings is 2. The van der Waals surface area contributed by atoms with Gasteiger partial charge in [0.25, 0.3) is 11.6 Å². The van der Waals surface area contributed by atoms with Gasteiger partial charge in [-0.15, -0.1) is 15.4 Å².